The highest BCUT2D eigenvalue weighted by atomic mass is 32.2. The number of nitrogens with two attached hydrogens (primary N) is 1. The van der Waals surface area contributed by atoms with Gasteiger partial charge < -0.3 is 16.0 Å². The van der Waals surface area contributed by atoms with Gasteiger partial charge in [0.1, 0.15) is 10.5 Å². The van der Waals surface area contributed by atoms with Crippen LogP contribution < -0.4 is 11.1 Å². The van der Waals surface area contributed by atoms with Gasteiger partial charge in [-0.3, -0.25) is 4.98 Å². The molecule has 4 rings (SSSR count). The van der Waals surface area contributed by atoms with Crippen LogP contribution in [0.2, 0.25) is 0 Å². The summed E-state index contributed by atoms with van der Waals surface area (Å²) < 4.78 is 0. The van der Waals surface area contributed by atoms with Crippen molar-refractivity contribution < 1.29 is 0 Å². The summed E-state index contributed by atoms with van der Waals surface area (Å²) in [5, 5.41) is 5.18. The Hall–Kier alpha value is -2.78. The van der Waals surface area contributed by atoms with E-state index in [0.29, 0.717) is 5.65 Å². The van der Waals surface area contributed by atoms with Gasteiger partial charge >= 0.3 is 0 Å². The number of nitrogens with zero attached hydrogens (tertiary/aromatic N) is 4. The van der Waals surface area contributed by atoms with E-state index in [1.807, 2.05) is 30.3 Å². The van der Waals surface area contributed by atoms with Crippen molar-refractivity contribution in [2.24, 2.45) is 0 Å². The zero-order valence-electron chi connectivity index (χ0n) is 14.5. The van der Waals surface area contributed by atoms with Crippen molar-refractivity contribution in [3.8, 4) is 0 Å². The van der Waals surface area contributed by atoms with Gasteiger partial charge in [-0.15, -0.1) is 0 Å². The molecular weight excluding hydrogens is 378 g/mol. The quantitative estimate of drug-likeness (QED) is 0.266. The average Bonchev–Trinajstić information content (AvgIpc) is 3.14. The first-order valence-electron chi connectivity index (χ1n) is 8.43. The van der Waals surface area contributed by atoms with Crippen molar-refractivity contribution in [1.82, 2.24) is 24.9 Å². The van der Waals surface area contributed by atoms with Crippen LogP contribution in [-0.2, 0) is 0 Å². The number of hydrogen-bond donors (Lipinski definition) is 3. The number of pyridine rings is 1. The second kappa shape index (κ2) is 7.45. The predicted molar refractivity (Wildman–Crippen MR) is 114 cm³/mol. The molecule has 0 aliphatic heterocycles. The molecule has 0 aliphatic rings. The van der Waals surface area contributed by atoms with E-state index in [0.717, 1.165) is 38.5 Å². The molecule has 4 aromatic rings. The van der Waals surface area contributed by atoms with Crippen LogP contribution >= 0.6 is 24.0 Å². The number of H-pyrrole nitrogens is 1. The molecule has 0 bridgehead atoms. The minimum absolute atomic E-state index is 0.0328. The Balaban J connectivity index is 1.56. The molecule has 27 heavy (non-hydrogen) atoms. The van der Waals surface area contributed by atoms with Crippen LogP contribution in [0, 0.1) is 0 Å². The standard InChI is InChI=1S/C18H17N7S2/c1-2-13(27-17-14-15(22-9-21-14)24-18(19)25-17)16(26)23-11-5-6-12-10(8-11)4-3-7-20-12/h3-9,13H,2H2,1H3,(H,23,26)(H3,19,21,22,24,25)/t13-/m1/s1. The Labute approximate surface area is 165 Å². The Morgan fingerprint density at radius 2 is 2.19 bits per heavy atom. The summed E-state index contributed by atoms with van der Waals surface area (Å²) in [7, 11) is 0. The Kier molecular flexibility index (Phi) is 4.87. The maximum Gasteiger partial charge on any atom is 0.223 e. The van der Waals surface area contributed by atoms with Crippen LogP contribution in [0.3, 0.4) is 0 Å². The molecule has 9 heteroatoms. The third-order valence-corrected chi connectivity index (χ3v) is 5.97. The average molecular weight is 396 g/mol. The van der Waals surface area contributed by atoms with E-state index >= 15 is 0 Å². The largest absolute Gasteiger partial charge is 0.368 e. The highest BCUT2D eigenvalue weighted by molar-refractivity contribution is 8.02. The molecule has 7 nitrogen and oxygen atoms in total. The minimum Gasteiger partial charge on any atom is -0.368 e. The summed E-state index contributed by atoms with van der Waals surface area (Å²) in [4.78, 5) is 20.8. The lowest BCUT2D eigenvalue weighted by Gasteiger charge is -2.17. The second-order valence-corrected chi connectivity index (χ2v) is 7.53. The summed E-state index contributed by atoms with van der Waals surface area (Å²) in [6, 6.07) is 9.95. The number of nitrogens with one attached hydrogen (secondary N) is 2. The number of fused-ring (bicyclic) bond motifs is 2. The molecule has 3 aromatic heterocycles. The van der Waals surface area contributed by atoms with Crippen LogP contribution in [0.5, 0.6) is 0 Å². The zero-order chi connectivity index (χ0) is 18.8. The number of aromatic nitrogens is 5. The maximum atomic E-state index is 5.81. The molecule has 0 unspecified atom stereocenters. The van der Waals surface area contributed by atoms with Crippen molar-refractivity contribution >= 4 is 62.7 Å². The summed E-state index contributed by atoms with van der Waals surface area (Å²) >= 11 is 7.22. The summed E-state index contributed by atoms with van der Waals surface area (Å²) in [6.07, 6.45) is 4.21. The molecule has 0 amide bonds. The molecule has 0 spiro atoms. The minimum atomic E-state index is 0.0328. The number of aromatic amines is 1. The molecule has 1 atom stereocenters. The molecule has 1 aromatic carbocycles. The fourth-order valence-corrected chi connectivity index (χ4v) is 4.19. The molecule has 0 saturated heterocycles. The van der Waals surface area contributed by atoms with Crippen LogP contribution in [0.4, 0.5) is 11.6 Å². The highest BCUT2D eigenvalue weighted by Gasteiger charge is 2.19. The summed E-state index contributed by atoms with van der Waals surface area (Å²) in [6.45, 7) is 2.09. The number of thioether (sulfide) groups is 1. The van der Waals surface area contributed by atoms with Gasteiger partial charge in [-0.05, 0) is 30.7 Å². The molecule has 3 heterocycles. The number of thiocarbonyl (C=S) groups is 1. The Bertz CT molecular complexity index is 1130. The smallest absolute Gasteiger partial charge is 0.223 e. The van der Waals surface area contributed by atoms with E-state index in [1.54, 1.807) is 24.3 Å². The normalized spacial score (nSPS) is 12.3. The van der Waals surface area contributed by atoms with Crippen LogP contribution in [0.1, 0.15) is 13.3 Å². The van der Waals surface area contributed by atoms with Gasteiger partial charge in [-0.25, -0.2) is 9.97 Å². The maximum absolute atomic E-state index is 5.81. The van der Waals surface area contributed by atoms with Gasteiger partial charge in [0, 0.05) is 17.3 Å². The zero-order valence-corrected chi connectivity index (χ0v) is 16.1. The first kappa shape index (κ1) is 17.6. The second-order valence-electron chi connectivity index (χ2n) is 5.90. The summed E-state index contributed by atoms with van der Waals surface area (Å²) in [5.41, 5.74) is 9.03. The Morgan fingerprint density at radius 1 is 1.30 bits per heavy atom. The number of imidazole rings is 1. The van der Waals surface area contributed by atoms with E-state index in [2.05, 4.69) is 37.2 Å². The number of hydrogen-bond acceptors (Lipinski definition) is 7. The van der Waals surface area contributed by atoms with Crippen LogP contribution in [0.15, 0.2) is 47.9 Å². The monoisotopic (exact) mass is 395 g/mol. The summed E-state index contributed by atoms with van der Waals surface area (Å²) in [5.74, 6) is 0.202. The van der Waals surface area contributed by atoms with Gasteiger partial charge in [0.05, 0.1) is 22.1 Å². The number of rotatable bonds is 5. The topological polar surface area (TPSA) is 105 Å². The predicted octanol–water partition coefficient (Wildman–Crippen LogP) is 3.79. The lowest BCUT2D eigenvalue weighted by atomic mass is 10.2. The van der Waals surface area contributed by atoms with Gasteiger partial charge in [-0.1, -0.05) is 37.0 Å². The van der Waals surface area contributed by atoms with Crippen LogP contribution in [-0.4, -0.2) is 35.2 Å². The fourth-order valence-electron chi connectivity index (χ4n) is 2.74. The van der Waals surface area contributed by atoms with Crippen LogP contribution in [0.25, 0.3) is 22.1 Å². The molecule has 0 fully saturated rings. The SMILES string of the molecule is CC[C@@H](Sc1nc(N)nc2nc[nH]c12)C(=S)Nc1ccc2ncccc2c1. The molecule has 0 aliphatic carbocycles. The van der Waals surface area contributed by atoms with Gasteiger partial charge in [-0.2, -0.15) is 4.98 Å². The van der Waals surface area contributed by atoms with Gasteiger partial charge in [0.25, 0.3) is 0 Å². The number of anilines is 2. The molecule has 136 valence electrons. The van der Waals surface area contributed by atoms with Crippen molar-refractivity contribution in [2.75, 3.05) is 11.1 Å². The highest BCUT2D eigenvalue weighted by Crippen LogP contribution is 2.30. The van der Waals surface area contributed by atoms with E-state index < -0.39 is 0 Å². The van der Waals surface area contributed by atoms with E-state index in [1.165, 1.54) is 0 Å². The van der Waals surface area contributed by atoms with Gasteiger partial charge in [0.2, 0.25) is 5.95 Å². The van der Waals surface area contributed by atoms with Crippen molar-refractivity contribution in [3.63, 3.8) is 0 Å². The Morgan fingerprint density at radius 3 is 3.04 bits per heavy atom. The molecular formula is C18H17N7S2. The van der Waals surface area contributed by atoms with E-state index in [4.69, 9.17) is 18.0 Å². The first-order valence-corrected chi connectivity index (χ1v) is 9.71. The van der Waals surface area contributed by atoms with Crippen molar-refractivity contribution in [2.45, 2.75) is 23.6 Å². The van der Waals surface area contributed by atoms with E-state index in [-0.39, 0.29) is 11.2 Å². The van der Waals surface area contributed by atoms with Crippen molar-refractivity contribution in [3.05, 3.63) is 42.9 Å². The lowest BCUT2D eigenvalue weighted by Crippen LogP contribution is -2.22. The molecule has 0 saturated carbocycles. The third kappa shape index (κ3) is 3.69. The number of nitrogen functional groups attached to an aromatic ring is 1. The molecule has 4 N–H and O–H groups in total. The van der Waals surface area contributed by atoms with Gasteiger partial charge in [0.15, 0.2) is 5.65 Å². The van der Waals surface area contributed by atoms with E-state index in [9.17, 15) is 0 Å². The molecule has 0 radical (unpaired) electrons. The lowest BCUT2D eigenvalue weighted by molar-refractivity contribution is 1.01. The van der Waals surface area contributed by atoms with Crippen molar-refractivity contribution in [1.29, 1.82) is 0 Å². The first-order chi connectivity index (χ1) is 13.1. The number of benzene rings is 1. The fraction of sp³-hybridized carbons (Fsp3) is 0.167. The third-order valence-electron chi connectivity index (χ3n) is 4.06.